The van der Waals surface area contributed by atoms with Gasteiger partial charge >= 0.3 is 18.2 Å². The molecule has 21 heteroatoms. The minimum Gasteiger partial charge on any atom is -0.477 e. The first kappa shape index (κ1) is 40.1. The summed E-state index contributed by atoms with van der Waals surface area (Å²) in [6.45, 7) is 2.90. The summed E-state index contributed by atoms with van der Waals surface area (Å²) >= 11 is 2.81. The van der Waals surface area contributed by atoms with Crippen LogP contribution in [0.4, 0.5) is 21.0 Å². The second kappa shape index (κ2) is 16.1. The van der Waals surface area contributed by atoms with E-state index in [4.69, 9.17) is 14.2 Å². The predicted octanol–water partition coefficient (Wildman–Crippen LogP) is 4.79. The highest BCUT2D eigenvalue weighted by Crippen LogP contribution is 2.51. The van der Waals surface area contributed by atoms with Crippen LogP contribution in [-0.2, 0) is 37.0 Å². The van der Waals surface area contributed by atoms with E-state index in [2.05, 4.69) is 0 Å². The largest absolute Gasteiger partial charge is 0.508 e. The van der Waals surface area contributed by atoms with Crippen LogP contribution in [-0.4, -0.2) is 96.0 Å². The quantitative estimate of drug-likeness (QED) is 0.0460. The van der Waals surface area contributed by atoms with Gasteiger partial charge in [-0.25, -0.2) is 19.0 Å². The molecule has 19 nitrogen and oxygen atoms in total. The third-order valence-electron chi connectivity index (χ3n) is 10.6. The predicted molar refractivity (Wildman–Crippen MR) is 203 cm³/mol. The fraction of sp³-hybridized carbons (Fsp3) is 0.378. The van der Waals surface area contributed by atoms with Crippen LogP contribution in [0.25, 0.3) is 10.4 Å². The molecule has 0 saturated carbocycles. The Morgan fingerprint density at radius 3 is 2.16 bits per heavy atom. The average molecular weight is 838 g/mol. The molecule has 2 aromatic carbocycles. The molecule has 3 aliphatic heterocycles. The number of ether oxygens (including phenoxy) is 3. The molecule has 7 rings (SSSR count). The van der Waals surface area contributed by atoms with Crippen molar-refractivity contribution in [3.05, 3.63) is 103 Å². The van der Waals surface area contributed by atoms with Gasteiger partial charge in [0.1, 0.15) is 37.8 Å². The van der Waals surface area contributed by atoms with E-state index in [1.54, 1.807) is 0 Å². The number of nitro benzene ring substituents is 2. The Labute approximate surface area is 337 Å². The van der Waals surface area contributed by atoms with Gasteiger partial charge in [0, 0.05) is 42.2 Å². The number of β-lactam (4-membered cyclic amide) rings is 1. The van der Waals surface area contributed by atoms with Crippen molar-refractivity contribution in [2.24, 2.45) is 11.8 Å². The summed E-state index contributed by atoms with van der Waals surface area (Å²) in [4.78, 5) is 76.8. The fourth-order valence-corrected chi connectivity index (χ4v) is 10.1. The number of aromatic nitrogens is 2. The van der Waals surface area contributed by atoms with Gasteiger partial charge in [-0.15, -0.1) is 0 Å². The number of thiazole rings is 1. The summed E-state index contributed by atoms with van der Waals surface area (Å²) in [5, 5.41) is 43.3. The molecule has 2 N–H and O–H groups in total. The number of aliphatic hydroxyl groups excluding tert-OH is 1. The second-order valence-electron chi connectivity index (χ2n) is 14.1. The van der Waals surface area contributed by atoms with Gasteiger partial charge < -0.3 is 29.3 Å². The Morgan fingerprint density at radius 1 is 1.00 bits per heavy atom. The molecule has 304 valence electrons. The van der Waals surface area contributed by atoms with Gasteiger partial charge in [-0.05, 0) is 48.6 Å². The van der Waals surface area contributed by atoms with Crippen molar-refractivity contribution < 1.29 is 58.0 Å². The number of non-ortho nitro benzene ring substituents is 2. The topological polar surface area (TPSA) is 237 Å². The molecule has 6 atom stereocenters. The molecule has 0 unspecified atom stereocenters. The summed E-state index contributed by atoms with van der Waals surface area (Å²) in [6, 6.07) is 9.58. The van der Waals surface area contributed by atoms with Crippen molar-refractivity contribution in [3.8, 4) is 0 Å². The average Bonchev–Trinajstić information content (AvgIpc) is 3.94. The number of likely N-dealkylation sites (tertiary alicyclic amines) is 1. The number of carboxylic acid groups (broad SMARTS) is 1. The summed E-state index contributed by atoms with van der Waals surface area (Å²) in [6.07, 6.45) is 3.21. The molecular formula is C37H37N6O13S2+. The van der Waals surface area contributed by atoms with Gasteiger partial charge in [0.15, 0.2) is 0 Å². The van der Waals surface area contributed by atoms with Gasteiger partial charge in [0.2, 0.25) is 15.8 Å². The van der Waals surface area contributed by atoms with Crippen LogP contribution in [0.2, 0.25) is 0 Å². The standard InChI is InChI=1S/C37H36N6O13S2/c1-19-28(31(35(46)47)41-30(19)29(20(2)44)32(41)45)27-14-38-18-40(34(57-3)33(38)58-27)25-12-26(17-56-37(49)55-16-22-6-10-24(11-7-22)43(52)53)39(13-25)36(48)54-15-21-4-8-23(9-5-21)42(50)51/h4-11,14,18-20,25-26,29-30,44H,12-13,15-17H2,1-3H3/p+1/t19-,20+,25+,26-,29+,30+/m0/s1. The number of benzene rings is 2. The van der Waals surface area contributed by atoms with Crippen molar-refractivity contribution in [2.45, 2.75) is 62.7 Å². The van der Waals surface area contributed by atoms with Crippen LogP contribution in [0, 0.1) is 32.1 Å². The van der Waals surface area contributed by atoms with Crippen LogP contribution in [0.1, 0.15) is 42.3 Å². The Kier molecular flexibility index (Phi) is 11.1. The number of rotatable bonds is 13. The normalized spacial score (nSPS) is 21.8. The molecule has 0 spiro atoms. The molecular weight excluding hydrogens is 801 g/mol. The van der Waals surface area contributed by atoms with Crippen LogP contribution in [0.5, 0.6) is 0 Å². The molecule has 0 bridgehead atoms. The van der Waals surface area contributed by atoms with E-state index in [1.807, 2.05) is 34.7 Å². The fourth-order valence-electron chi connectivity index (χ4n) is 7.85. The van der Waals surface area contributed by atoms with E-state index in [1.165, 1.54) is 88.4 Å². The molecule has 2 aromatic heterocycles. The Morgan fingerprint density at radius 2 is 1.60 bits per heavy atom. The highest BCUT2D eigenvalue weighted by atomic mass is 32.2. The first-order valence-corrected chi connectivity index (χ1v) is 20.0. The number of hydrogen-bond donors (Lipinski definition) is 2. The van der Waals surface area contributed by atoms with Crippen LogP contribution in [0.15, 0.2) is 71.8 Å². The van der Waals surface area contributed by atoms with Gasteiger partial charge in [-0.1, -0.05) is 30.0 Å². The highest BCUT2D eigenvalue weighted by Gasteiger charge is 2.60. The summed E-state index contributed by atoms with van der Waals surface area (Å²) < 4.78 is 20.1. The maximum atomic E-state index is 13.6. The van der Waals surface area contributed by atoms with E-state index in [0.29, 0.717) is 28.0 Å². The number of carboxylic acids is 1. The maximum absolute atomic E-state index is 13.6. The van der Waals surface area contributed by atoms with Crippen molar-refractivity contribution in [1.82, 2.24) is 14.2 Å². The minimum absolute atomic E-state index is 0.0877. The molecule has 0 radical (unpaired) electrons. The molecule has 5 heterocycles. The summed E-state index contributed by atoms with van der Waals surface area (Å²) in [5.41, 5.74) is 1.22. The molecule has 2 saturated heterocycles. The molecule has 4 aromatic rings. The Bertz CT molecular complexity index is 2340. The van der Waals surface area contributed by atoms with Crippen molar-refractivity contribution in [3.63, 3.8) is 0 Å². The van der Waals surface area contributed by atoms with Gasteiger partial charge in [0.05, 0.1) is 45.4 Å². The van der Waals surface area contributed by atoms with Gasteiger partial charge in [0.25, 0.3) is 17.7 Å². The number of carbonyl (C=O) groups is 4. The molecule has 0 aliphatic carbocycles. The number of amides is 2. The molecule has 58 heavy (non-hydrogen) atoms. The Hall–Kier alpha value is -6.06. The number of fused-ring (bicyclic) bond motifs is 2. The van der Waals surface area contributed by atoms with Crippen molar-refractivity contribution in [2.75, 3.05) is 19.4 Å². The Balaban J connectivity index is 1.10. The molecule has 2 amide bonds. The first-order valence-electron chi connectivity index (χ1n) is 18.0. The third kappa shape index (κ3) is 7.42. The van der Waals surface area contributed by atoms with E-state index in [9.17, 15) is 49.6 Å². The van der Waals surface area contributed by atoms with E-state index < -0.39 is 58.1 Å². The summed E-state index contributed by atoms with van der Waals surface area (Å²) in [7, 11) is 0. The smallest absolute Gasteiger partial charge is 0.477 e. The molecule has 3 aliphatic rings. The second-order valence-corrected chi connectivity index (χ2v) is 15.9. The zero-order valence-corrected chi connectivity index (χ0v) is 32.8. The van der Waals surface area contributed by atoms with Crippen LogP contribution >= 0.6 is 23.1 Å². The van der Waals surface area contributed by atoms with Gasteiger partial charge in [-0.2, -0.15) is 4.40 Å². The first-order chi connectivity index (χ1) is 27.7. The minimum atomic E-state index is -1.23. The lowest BCUT2D eigenvalue weighted by Gasteiger charge is -2.46. The monoisotopic (exact) mass is 837 g/mol. The lowest BCUT2D eigenvalue weighted by atomic mass is 9.77. The maximum Gasteiger partial charge on any atom is 0.508 e. The van der Waals surface area contributed by atoms with Crippen LogP contribution in [0.3, 0.4) is 0 Å². The van der Waals surface area contributed by atoms with Gasteiger partial charge in [-0.3, -0.25) is 29.9 Å². The number of imidazole rings is 1. The zero-order valence-electron chi connectivity index (χ0n) is 31.2. The number of aliphatic carboxylic acids is 1. The van der Waals surface area contributed by atoms with Crippen molar-refractivity contribution >= 4 is 69.0 Å². The summed E-state index contributed by atoms with van der Waals surface area (Å²) in [5.74, 6) is -2.69. The third-order valence-corrected chi connectivity index (χ3v) is 12.7. The lowest BCUT2D eigenvalue weighted by molar-refractivity contribution is -0.751. The SMILES string of the molecule is CSc1c2sc(C3=C(C(=O)O)N4C(=O)[C@H]([C@@H](C)O)[C@H]4[C@H]3C)cn2c[n+]1[C@@H]1C[C@@H](COC(=O)OCc2ccc([N+](=O)[O-])cc2)N(C(=O)OCc2ccc([N+](=O)[O-])cc2)C1. The highest BCUT2D eigenvalue weighted by molar-refractivity contribution is 7.98. The zero-order chi connectivity index (χ0) is 41.6. The number of hydrogen-bond acceptors (Lipinski definition) is 14. The lowest BCUT2D eigenvalue weighted by Crippen LogP contribution is -2.63. The number of aliphatic hydroxyl groups is 1. The van der Waals surface area contributed by atoms with E-state index in [0.717, 1.165) is 9.86 Å². The van der Waals surface area contributed by atoms with E-state index in [-0.39, 0.29) is 55.4 Å². The number of nitrogens with zero attached hydrogens (tertiary/aromatic N) is 6. The number of carbonyl (C=O) groups excluding carboxylic acids is 3. The number of thioether (sulfide) groups is 1. The van der Waals surface area contributed by atoms with Crippen molar-refractivity contribution in [1.29, 1.82) is 0 Å². The molecule has 2 fully saturated rings. The van der Waals surface area contributed by atoms with E-state index >= 15 is 0 Å². The number of nitro groups is 2. The van der Waals surface area contributed by atoms with Crippen LogP contribution < -0.4 is 4.57 Å².